The molecule has 6 heteroatoms. The molecule has 0 aromatic heterocycles. The summed E-state index contributed by atoms with van der Waals surface area (Å²) in [6, 6.07) is 16.0. The van der Waals surface area contributed by atoms with Crippen LogP contribution in [0.15, 0.2) is 66.2 Å². The van der Waals surface area contributed by atoms with Gasteiger partial charge in [0.1, 0.15) is 0 Å². The number of esters is 1. The normalized spacial score (nSPS) is 13.1. The average molecular weight is 421 g/mol. The molecular formula is C25H28N2O4. The number of hydrogen-bond acceptors (Lipinski definition) is 4. The summed E-state index contributed by atoms with van der Waals surface area (Å²) in [5.41, 5.74) is 2.83. The molecule has 2 aromatic carbocycles. The first-order chi connectivity index (χ1) is 15.1. The number of hydrogen-bond donors (Lipinski definition) is 2. The summed E-state index contributed by atoms with van der Waals surface area (Å²) < 4.78 is 5.16. The van der Waals surface area contributed by atoms with Gasteiger partial charge < -0.3 is 15.4 Å². The van der Waals surface area contributed by atoms with E-state index in [1.54, 1.807) is 24.3 Å². The van der Waals surface area contributed by atoms with E-state index in [0.717, 1.165) is 24.8 Å². The largest absolute Gasteiger partial charge is 0.452 e. The molecule has 3 rings (SSSR count). The zero-order chi connectivity index (χ0) is 21.9. The van der Waals surface area contributed by atoms with Gasteiger partial charge in [0.05, 0.1) is 17.7 Å². The Bertz CT molecular complexity index is 938. The van der Waals surface area contributed by atoms with Gasteiger partial charge in [-0.1, -0.05) is 54.1 Å². The van der Waals surface area contributed by atoms with Gasteiger partial charge in [-0.3, -0.25) is 9.59 Å². The monoisotopic (exact) mass is 420 g/mol. The molecule has 6 nitrogen and oxygen atoms in total. The number of para-hydroxylation sites is 1. The van der Waals surface area contributed by atoms with Crippen molar-refractivity contribution < 1.29 is 19.1 Å². The molecule has 0 bridgehead atoms. The number of anilines is 1. The maximum absolute atomic E-state index is 12.5. The summed E-state index contributed by atoms with van der Waals surface area (Å²) in [5.74, 6) is -1.22. The van der Waals surface area contributed by atoms with Gasteiger partial charge in [-0.05, 0) is 49.8 Å². The first-order valence-electron chi connectivity index (χ1n) is 10.7. The van der Waals surface area contributed by atoms with E-state index in [1.165, 1.54) is 18.4 Å². The lowest BCUT2D eigenvalue weighted by Crippen LogP contribution is -2.30. The molecule has 2 N–H and O–H groups in total. The average Bonchev–Trinajstić information content (AvgIpc) is 2.79. The number of ether oxygens (including phenoxy) is 1. The minimum atomic E-state index is -0.652. The molecule has 0 aliphatic heterocycles. The van der Waals surface area contributed by atoms with E-state index in [1.807, 2.05) is 30.3 Å². The van der Waals surface area contributed by atoms with Crippen molar-refractivity contribution in [1.82, 2.24) is 5.32 Å². The fourth-order valence-corrected chi connectivity index (χ4v) is 3.50. The maximum atomic E-state index is 12.5. The van der Waals surface area contributed by atoms with Gasteiger partial charge in [-0.25, -0.2) is 4.79 Å². The molecule has 0 atom stereocenters. The SMILES string of the molecule is O=C(COC(=O)c1ccccc1NC(=O)Cc1ccccc1)NCCC1=CCCCC1. The summed E-state index contributed by atoms with van der Waals surface area (Å²) in [6.45, 7) is 0.179. The Hall–Kier alpha value is -3.41. The summed E-state index contributed by atoms with van der Waals surface area (Å²) in [7, 11) is 0. The van der Waals surface area contributed by atoms with Crippen molar-refractivity contribution in [3.8, 4) is 0 Å². The van der Waals surface area contributed by atoms with Crippen molar-refractivity contribution >= 4 is 23.5 Å². The number of amides is 2. The van der Waals surface area contributed by atoms with Gasteiger partial charge >= 0.3 is 5.97 Å². The lowest BCUT2D eigenvalue weighted by molar-refractivity contribution is -0.124. The predicted octanol–water partition coefficient (Wildman–Crippen LogP) is 4.03. The molecule has 2 aromatic rings. The number of carbonyl (C=O) groups is 3. The number of allylic oxidation sites excluding steroid dienone is 1. The molecule has 31 heavy (non-hydrogen) atoms. The van der Waals surface area contributed by atoms with E-state index in [0.29, 0.717) is 12.2 Å². The van der Waals surface area contributed by atoms with Crippen LogP contribution in [0.4, 0.5) is 5.69 Å². The van der Waals surface area contributed by atoms with Crippen LogP contribution in [-0.2, 0) is 20.7 Å². The van der Waals surface area contributed by atoms with E-state index >= 15 is 0 Å². The van der Waals surface area contributed by atoms with Crippen LogP contribution in [-0.4, -0.2) is 30.9 Å². The van der Waals surface area contributed by atoms with Gasteiger partial charge in [0, 0.05) is 6.54 Å². The van der Waals surface area contributed by atoms with E-state index < -0.39 is 5.97 Å². The van der Waals surface area contributed by atoms with Crippen molar-refractivity contribution in [2.75, 3.05) is 18.5 Å². The van der Waals surface area contributed by atoms with Crippen LogP contribution in [0.25, 0.3) is 0 Å². The Kier molecular flexibility index (Phi) is 8.40. The van der Waals surface area contributed by atoms with Gasteiger partial charge in [-0.15, -0.1) is 0 Å². The maximum Gasteiger partial charge on any atom is 0.340 e. The van der Waals surface area contributed by atoms with Crippen molar-refractivity contribution in [3.05, 3.63) is 77.4 Å². The molecule has 0 saturated heterocycles. The van der Waals surface area contributed by atoms with Gasteiger partial charge in [0.25, 0.3) is 5.91 Å². The molecule has 1 aliphatic rings. The Morgan fingerprint density at radius 1 is 0.903 bits per heavy atom. The molecule has 162 valence electrons. The molecular weight excluding hydrogens is 392 g/mol. The van der Waals surface area contributed by atoms with Crippen LogP contribution in [0, 0.1) is 0 Å². The highest BCUT2D eigenvalue weighted by Crippen LogP contribution is 2.19. The smallest absolute Gasteiger partial charge is 0.340 e. The standard InChI is InChI=1S/C25H28N2O4/c28-23(17-20-11-5-2-6-12-20)27-22-14-8-7-13-21(22)25(30)31-18-24(29)26-16-15-19-9-3-1-4-10-19/h2,5-9,11-14H,1,3-4,10,15-18H2,(H,26,29)(H,27,28). The second-order valence-corrected chi connectivity index (χ2v) is 7.54. The lowest BCUT2D eigenvalue weighted by Gasteiger charge is -2.13. The van der Waals surface area contributed by atoms with E-state index in [-0.39, 0.29) is 30.4 Å². The van der Waals surface area contributed by atoms with Crippen molar-refractivity contribution in [3.63, 3.8) is 0 Å². The van der Waals surface area contributed by atoms with Crippen molar-refractivity contribution in [2.24, 2.45) is 0 Å². The minimum Gasteiger partial charge on any atom is -0.452 e. The zero-order valence-corrected chi connectivity index (χ0v) is 17.6. The zero-order valence-electron chi connectivity index (χ0n) is 17.6. The Morgan fingerprint density at radius 3 is 2.45 bits per heavy atom. The summed E-state index contributed by atoms with van der Waals surface area (Å²) in [5, 5.41) is 5.54. The van der Waals surface area contributed by atoms with Gasteiger partial charge in [-0.2, -0.15) is 0 Å². The van der Waals surface area contributed by atoms with Crippen molar-refractivity contribution in [2.45, 2.75) is 38.5 Å². The molecule has 0 heterocycles. The Labute approximate surface area is 182 Å². The Morgan fingerprint density at radius 2 is 1.68 bits per heavy atom. The third kappa shape index (κ3) is 7.41. The van der Waals surface area contributed by atoms with Crippen LogP contribution in [0.3, 0.4) is 0 Å². The van der Waals surface area contributed by atoms with Crippen LogP contribution in [0.2, 0.25) is 0 Å². The van der Waals surface area contributed by atoms with Gasteiger partial charge in [0.2, 0.25) is 5.91 Å². The highest BCUT2D eigenvalue weighted by molar-refractivity contribution is 6.02. The quantitative estimate of drug-likeness (QED) is 0.474. The summed E-state index contributed by atoms with van der Waals surface area (Å²) >= 11 is 0. The fraction of sp³-hybridized carbons (Fsp3) is 0.320. The van der Waals surface area contributed by atoms with E-state index in [4.69, 9.17) is 4.74 Å². The minimum absolute atomic E-state index is 0.197. The fourth-order valence-electron chi connectivity index (χ4n) is 3.50. The molecule has 0 radical (unpaired) electrons. The number of carbonyl (C=O) groups excluding carboxylic acids is 3. The van der Waals surface area contributed by atoms with Crippen LogP contribution >= 0.6 is 0 Å². The molecule has 0 spiro atoms. The second kappa shape index (κ2) is 11.7. The van der Waals surface area contributed by atoms with Crippen LogP contribution in [0.5, 0.6) is 0 Å². The summed E-state index contributed by atoms with van der Waals surface area (Å²) in [6.07, 6.45) is 7.93. The molecule has 2 amide bonds. The molecule has 0 fully saturated rings. The topological polar surface area (TPSA) is 84.5 Å². The molecule has 1 aliphatic carbocycles. The van der Waals surface area contributed by atoms with Crippen LogP contribution in [0.1, 0.15) is 48.0 Å². The summed E-state index contributed by atoms with van der Waals surface area (Å²) in [4.78, 5) is 36.8. The van der Waals surface area contributed by atoms with Crippen LogP contribution < -0.4 is 10.6 Å². The van der Waals surface area contributed by atoms with E-state index in [2.05, 4.69) is 16.7 Å². The third-order valence-corrected chi connectivity index (χ3v) is 5.12. The van der Waals surface area contributed by atoms with Crippen molar-refractivity contribution in [1.29, 1.82) is 0 Å². The predicted molar refractivity (Wildman–Crippen MR) is 120 cm³/mol. The van der Waals surface area contributed by atoms with E-state index in [9.17, 15) is 14.4 Å². The first-order valence-corrected chi connectivity index (χ1v) is 10.7. The number of benzene rings is 2. The first kappa shape index (κ1) is 22.3. The Balaban J connectivity index is 1.47. The number of rotatable bonds is 9. The highest BCUT2D eigenvalue weighted by atomic mass is 16.5. The highest BCUT2D eigenvalue weighted by Gasteiger charge is 2.16. The molecule has 0 saturated carbocycles. The van der Waals surface area contributed by atoms with Gasteiger partial charge in [0.15, 0.2) is 6.61 Å². The third-order valence-electron chi connectivity index (χ3n) is 5.12. The number of nitrogens with one attached hydrogen (secondary N) is 2. The second-order valence-electron chi connectivity index (χ2n) is 7.54. The lowest BCUT2D eigenvalue weighted by atomic mass is 9.97. The molecule has 0 unspecified atom stereocenters.